The van der Waals surface area contributed by atoms with Crippen molar-refractivity contribution in [2.45, 2.75) is 27.3 Å². The van der Waals surface area contributed by atoms with Crippen molar-refractivity contribution in [1.29, 1.82) is 0 Å². The second-order valence-electron chi connectivity index (χ2n) is 6.68. The lowest BCUT2D eigenvalue weighted by atomic mass is 10.1. The maximum atomic E-state index is 6.00. The van der Waals surface area contributed by atoms with E-state index in [-0.39, 0.29) is 0 Å². The number of aryl methyl sites for hydroxylation is 1. The third-order valence-electron chi connectivity index (χ3n) is 4.87. The highest BCUT2D eigenvalue weighted by atomic mass is 15.1. The number of nitrogens with zero attached hydrogens (tertiary/aromatic N) is 3. The highest BCUT2D eigenvalue weighted by molar-refractivity contribution is 5.95. The number of aromatic amines is 2. The van der Waals surface area contributed by atoms with Crippen LogP contribution < -0.4 is 5.73 Å². The first-order valence-corrected chi connectivity index (χ1v) is 9.04. The average Bonchev–Trinajstić information content (AvgIpc) is 3.20. The van der Waals surface area contributed by atoms with E-state index >= 15 is 0 Å². The first-order chi connectivity index (χ1) is 12.6. The predicted octanol–water partition coefficient (Wildman–Crippen LogP) is 3.84. The van der Waals surface area contributed by atoms with Gasteiger partial charge in [-0.1, -0.05) is 19.9 Å². The fraction of sp³-hybridized carbons (Fsp3) is 0.300. The molecule has 4 rings (SSSR count). The molecule has 0 radical (unpaired) electrons. The van der Waals surface area contributed by atoms with Gasteiger partial charge in [0.1, 0.15) is 17.2 Å². The van der Waals surface area contributed by atoms with Gasteiger partial charge in [0, 0.05) is 28.7 Å². The van der Waals surface area contributed by atoms with E-state index in [0.717, 1.165) is 53.4 Å². The second kappa shape index (κ2) is 6.46. The van der Waals surface area contributed by atoms with Crippen LogP contribution in [0.3, 0.4) is 0 Å². The Morgan fingerprint density at radius 1 is 1.04 bits per heavy atom. The molecule has 4 aromatic rings. The van der Waals surface area contributed by atoms with Crippen molar-refractivity contribution in [3.05, 3.63) is 41.7 Å². The summed E-state index contributed by atoms with van der Waals surface area (Å²) in [4.78, 5) is 18.0. The molecule has 26 heavy (non-hydrogen) atoms. The molecule has 6 nitrogen and oxygen atoms in total. The summed E-state index contributed by atoms with van der Waals surface area (Å²) >= 11 is 0. The number of nitrogens with one attached hydrogen (secondary N) is 2. The summed E-state index contributed by atoms with van der Waals surface area (Å²) in [5.41, 5.74) is 12.0. The van der Waals surface area contributed by atoms with Crippen LogP contribution in [0.1, 0.15) is 25.2 Å². The monoisotopic (exact) mass is 348 g/mol. The van der Waals surface area contributed by atoms with E-state index in [0.29, 0.717) is 5.82 Å². The smallest absolute Gasteiger partial charge is 0.160 e. The normalized spacial score (nSPS) is 11.8. The molecule has 0 aliphatic rings. The summed E-state index contributed by atoms with van der Waals surface area (Å²) < 4.78 is 0. The summed E-state index contributed by atoms with van der Waals surface area (Å²) in [6.07, 6.45) is 0. The topological polar surface area (TPSA) is 86.6 Å². The van der Waals surface area contributed by atoms with Crippen LogP contribution in [-0.4, -0.2) is 37.9 Å². The highest BCUT2D eigenvalue weighted by Crippen LogP contribution is 2.30. The number of H-pyrrole nitrogens is 2. The SMILES string of the molecule is CCN(CC)Cc1ccc2[nH]c(-c3cc(N)nc4[nH]c(C)nc34)cc2c1. The summed E-state index contributed by atoms with van der Waals surface area (Å²) in [6.45, 7) is 9.39. The van der Waals surface area contributed by atoms with Gasteiger partial charge in [0.25, 0.3) is 0 Å². The molecule has 4 N–H and O–H groups in total. The van der Waals surface area contributed by atoms with Gasteiger partial charge in [0.2, 0.25) is 0 Å². The molecule has 0 saturated heterocycles. The van der Waals surface area contributed by atoms with Crippen LogP contribution in [0, 0.1) is 6.92 Å². The predicted molar refractivity (Wildman–Crippen MR) is 107 cm³/mol. The number of nitrogen functional groups attached to an aromatic ring is 1. The minimum atomic E-state index is 0.483. The lowest BCUT2D eigenvalue weighted by molar-refractivity contribution is 0.296. The van der Waals surface area contributed by atoms with Crippen molar-refractivity contribution in [2.75, 3.05) is 18.8 Å². The quantitative estimate of drug-likeness (QED) is 0.511. The standard InChI is InChI=1S/C20H24N6/c1-4-26(5-2)11-13-6-7-16-14(8-13)9-17(24-16)15-10-18(21)25-20-19(15)22-12(3)23-20/h6-10,24H,4-5,11H2,1-3H3,(H3,21,22,23,25). The molecule has 6 heteroatoms. The van der Waals surface area contributed by atoms with Crippen molar-refractivity contribution >= 4 is 27.9 Å². The van der Waals surface area contributed by atoms with Crippen LogP contribution >= 0.6 is 0 Å². The molecule has 0 bridgehead atoms. The van der Waals surface area contributed by atoms with Gasteiger partial charge in [-0.25, -0.2) is 9.97 Å². The molecule has 3 aromatic heterocycles. The average molecular weight is 348 g/mol. The molecule has 0 saturated carbocycles. The van der Waals surface area contributed by atoms with Crippen LogP contribution in [0.2, 0.25) is 0 Å². The summed E-state index contributed by atoms with van der Waals surface area (Å²) in [5.74, 6) is 1.31. The number of anilines is 1. The fourth-order valence-corrected chi connectivity index (χ4v) is 3.46. The van der Waals surface area contributed by atoms with Gasteiger partial charge in [-0.3, -0.25) is 4.90 Å². The van der Waals surface area contributed by atoms with E-state index in [1.54, 1.807) is 0 Å². The molecular weight excluding hydrogens is 324 g/mol. The molecule has 0 spiro atoms. The van der Waals surface area contributed by atoms with Crippen molar-refractivity contribution in [3.8, 4) is 11.3 Å². The van der Waals surface area contributed by atoms with E-state index in [4.69, 9.17) is 5.73 Å². The molecule has 0 fully saturated rings. The van der Waals surface area contributed by atoms with Gasteiger partial charge in [-0.2, -0.15) is 0 Å². The Morgan fingerprint density at radius 3 is 2.62 bits per heavy atom. The minimum absolute atomic E-state index is 0.483. The number of aromatic nitrogens is 4. The lowest BCUT2D eigenvalue weighted by Gasteiger charge is -2.17. The summed E-state index contributed by atoms with van der Waals surface area (Å²) in [5, 5.41) is 1.19. The van der Waals surface area contributed by atoms with Crippen LogP contribution in [0.15, 0.2) is 30.3 Å². The number of imidazole rings is 1. The molecular formula is C20H24N6. The zero-order chi connectivity index (χ0) is 18.3. The Bertz CT molecular complexity index is 1070. The molecule has 0 aliphatic heterocycles. The van der Waals surface area contributed by atoms with Gasteiger partial charge in [0.15, 0.2) is 5.65 Å². The zero-order valence-corrected chi connectivity index (χ0v) is 15.4. The number of hydrogen-bond acceptors (Lipinski definition) is 4. The van der Waals surface area contributed by atoms with Gasteiger partial charge < -0.3 is 15.7 Å². The number of nitrogens with two attached hydrogens (primary N) is 1. The third kappa shape index (κ3) is 2.93. The Kier molecular flexibility index (Phi) is 4.12. The Labute approximate surface area is 152 Å². The largest absolute Gasteiger partial charge is 0.384 e. The molecule has 0 aliphatic carbocycles. The molecule has 134 valence electrons. The maximum Gasteiger partial charge on any atom is 0.160 e. The molecule has 0 atom stereocenters. The Hall–Kier alpha value is -2.86. The van der Waals surface area contributed by atoms with Gasteiger partial charge >= 0.3 is 0 Å². The van der Waals surface area contributed by atoms with Crippen molar-refractivity contribution in [2.24, 2.45) is 0 Å². The maximum absolute atomic E-state index is 6.00. The van der Waals surface area contributed by atoms with Crippen LogP contribution in [0.4, 0.5) is 5.82 Å². The van der Waals surface area contributed by atoms with Gasteiger partial charge in [0.05, 0.1) is 0 Å². The fourth-order valence-electron chi connectivity index (χ4n) is 3.46. The third-order valence-corrected chi connectivity index (χ3v) is 4.87. The van der Waals surface area contributed by atoms with Crippen molar-refractivity contribution in [3.63, 3.8) is 0 Å². The molecule has 1 aromatic carbocycles. The van der Waals surface area contributed by atoms with Crippen LogP contribution in [0.25, 0.3) is 33.3 Å². The number of fused-ring (bicyclic) bond motifs is 2. The number of rotatable bonds is 5. The van der Waals surface area contributed by atoms with Gasteiger partial charge in [-0.15, -0.1) is 0 Å². The van der Waals surface area contributed by atoms with Crippen LogP contribution in [-0.2, 0) is 6.54 Å². The van der Waals surface area contributed by atoms with E-state index in [1.807, 2.05) is 13.0 Å². The number of hydrogen-bond donors (Lipinski definition) is 3. The van der Waals surface area contributed by atoms with E-state index < -0.39 is 0 Å². The zero-order valence-electron chi connectivity index (χ0n) is 15.4. The minimum Gasteiger partial charge on any atom is -0.384 e. The lowest BCUT2D eigenvalue weighted by Crippen LogP contribution is -2.21. The number of pyridine rings is 1. The van der Waals surface area contributed by atoms with Crippen LogP contribution in [0.5, 0.6) is 0 Å². The number of benzene rings is 1. The Morgan fingerprint density at radius 2 is 1.85 bits per heavy atom. The second-order valence-corrected chi connectivity index (χ2v) is 6.68. The Balaban J connectivity index is 1.78. The van der Waals surface area contributed by atoms with Crippen molar-refractivity contribution < 1.29 is 0 Å². The van der Waals surface area contributed by atoms with E-state index in [9.17, 15) is 0 Å². The molecule has 0 amide bonds. The first kappa shape index (κ1) is 16.6. The molecule has 0 unspecified atom stereocenters. The van der Waals surface area contributed by atoms with Gasteiger partial charge in [-0.05, 0) is 49.8 Å². The highest BCUT2D eigenvalue weighted by Gasteiger charge is 2.13. The first-order valence-electron chi connectivity index (χ1n) is 9.04. The van der Waals surface area contributed by atoms with E-state index in [2.05, 4.69) is 62.9 Å². The van der Waals surface area contributed by atoms with E-state index in [1.165, 1.54) is 10.9 Å². The summed E-state index contributed by atoms with van der Waals surface area (Å²) in [6, 6.07) is 10.6. The summed E-state index contributed by atoms with van der Waals surface area (Å²) in [7, 11) is 0. The van der Waals surface area contributed by atoms with Crippen molar-refractivity contribution in [1.82, 2.24) is 24.8 Å². The molecule has 3 heterocycles.